The molecule has 18 heavy (non-hydrogen) atoms. The van der Waals surface area contributed by atoms with Gasteiger partial charge in [-0.15, -0.1) is 12.8 Å². The first-order valence-corrected chi connectivity index (χ1v) is 4.74. The molecular weight excluding hydrogens is 238 g/mol. The minimum atomic E-state index is -1.01. The normalized spacial score (nSPS) is 9.28. The van der Waals surface area contributed by atoms with Gasteiger partial charge in [0.2, 0.25) is 0 Å². The summed E-state index contributed by atoms with van der Waals surface area (Å²) in [6.45, 7) is 2.58. The number of carbonyl (C=O) groups excluding carboxylic acids is 2. The third-order valence-corrected chi connectivity index (χ3v) is 1.67. The van der Waals surface area contributed by atoms with E-state index in [1.165, 1.54) is 0 Å². The van der Waals surface area contributed by atoms with Crippen LogP contribution in [0.2, 0.25) is 0 Å². The van der Waals surface area contributed by atoms with E-state index in [-0.39, 0.29) is 19.8 Å². The molecule has 0 radical (unpaired) electrons. The minimum absolute atomic E-state index is 0.0719. The van der Waals surface area contributed by atoms with Gasteiger partial charge in [-0.25, -0.2) is 19.5 Å². The molecule has 0 aromatic heterocycles. The SMILES string of the molecule is C#CCOC(CN(C(N)=O)C(=O)N=C)OCC#C. The number of carbonyl (C=O) groups is 2. The predicted octanol–water partition coefficient (Wildman–Crippen LogP) is -0.187. The number of primary amides is 1. The third kappa shape index (κ3) is 5.66. The molecule has 0 unspecified atom stereocenters. The van der Waals surface area contributed by atoms with Gasteiger partial charge >= 0.3 is 12.1 Å². The highest BCUT2D eigenvalue weighted by Gasteiger charge is 2.23. The molecule has 2 N–H and O–H groups in total. The van der Waals surface area contributed by atoms with Crippen LogP contribution in [0.1, 0.15) is 0 Å². The molecule has 7 heteroatoms. The maximum absolute atomic E-state index is 11.2. The summed E-state index contributed by atoms with van der Waals surface area (Å²) in [6.07, 6.45) is 9.04. The largest absolute Gasteiger partial charge is 0.351 e. The fourth-order valence-corrected chi connectivity index (χ4v) is 0.932. The molecule has 0 aliphatic heterocycles. The number of urea groups is 2. The van der Waals surface area contributed by atoms with Gasteiger partial charge in [0.15, 0.2) is 6.29 Å². The number of hydrogen-bond acceptors (Lipinski definition) is 4. The van der Waals surface area contributed by atoms with E-state index in [1.54, 1.807) is 0 Å². The van der Waals surface area contributed by atoms with Crippen LogP contribution in [0.25, 0.3) is 0 Å². The Morgan fingerprint density at radius 1 is 1.33 bits per heavy atom. The van der Waals surface area contributed by atoms with E-state index in [1.807, 2.05) is 0 Å². The van der Waals surface area contributed by atoms with Gasteiger partial charge in [-0.1, -0.05) is 11.8 Å². The van der Waals surface area contributed by atoms with Crippen LogP contribution in [0.4, 0.5) is 9.59 Å². The van der Waals surface area contributed by atoms with E-state index in [2.05, 4.69) is 23.6 Å². The van der Waals surface area contributed by atoms with E-state index in [0.717, 1.165) is 0 Å². The maximum Gasteiger partial charge on any atom is 0.351 e. The zero-order chi connectivity index (χ0) is 14.0. The summed E-state index contributed by atoms with van der Waals surface area (Å²) in [5.74, 6) is 4.42. The number of imide groups is 1. The Kier molecular flexibility index (Phi) is 7.62. The molecule has 0 aromatic rings. The predicted molar refractivity (Wildman–Crippen MR) is 64.6 cm³/mol. The molecule has 7 nitrogen and oxygen atoms in total. The van der Waals surface area contributed by atoms with E-state index >= 15 is 0 Å². The van der Waals surface area contributed by atoms with E-state index < -0.39 is 18.4 Å². The summed E-state index contributed by atoms with van der Waals surface area (Å²) in [5, 5.41) is 0. The van der Waals surface area contributed by atoms with Gasteiger partial charge in [-0.3, -0.25) is 0 Å². The number of rotatable bonds is 6. The molecule has 0 aliphatic carbocycles. The number of terminal acetylenes is 2. The second-order valence-corrected chi connectivity index (χ2v) is 2.85. The number of nitrogens with two attached hydrogens (primary N) is 1. The molecule has 0 aliphatic rings. The number of hydrogen-bond donors (Lipinski definition) is 1. The standard InChI is InChI=1S/C11H13N3O4/c1-4-6-17-9(18-7-5-2)8-14(10(12)15)11(16)13-3/h1-2,9H,3,6-8H2,(H2,12,15). The summed E-state index contributed by atoms with van der Waals surface area (Å²) in [6, 6.07) is -1.92. The summed E-state index contributed by atoms with van der Waals surface area (Å²) in [7, 11) is 0. The highest BCUT2D eigenvalue weighted by molar-refractivity contribution is 5.94. The second-order valence-electron chi connectivity index (χ2n) is 2.85. The maximum atomic E-state index is 11.2. The summed E-state index contributed by atoms with van der Waals surface area (Å²) in [5.41, 5.74) is 5.01. The van der Waals surface area contributed by atoms with Crippen molar-refractivity contribution in [3.8, 4) is 24.7 Å². The summed E-state index contributed by atoms with van der Waals surface area (Å²) >= 11 is 0. The molecule has 96 valence electrons. The fraction of sp³-hybridized carbons (Fsp3) is 0.364. The molecule has 0 atom stereocenters. The zero-order valence-corrected chi connectivity index (χ0v) is 9.67. The van der Waals surface area contributed by atoms with Crippen molar-refractivity contribution in [3.05, 3.63) is 0 Å². The Morgan fingerprint density at radius 3 is 2.17 bits per heavy atom. The second kappa shape index (κ2) is 8.76. The molecule has 0 spiro atoms. The Morgan fingerprint density at radius 2 is 1.83 bits per heavy atom. The van der Waals surface area contributed by atoms with Crippen LogP contribution in [0.15, 0.2) is 4.99 Å². The zero-order valence-electron chi connectivity index (χ0n) is 9.67. The Balaban J connectivity index is 4.64. The fourth-order valence-electron chi connectivity index (χ4n) is 0.932. The van der Waals surface area contributed by atoms with Crippen LogP contribution < -0.4 is 5.73 Å². The number of amides is 4. The van der Waals surface area contributed by atoms with E-state index in [4.69, 9.17) is 28.1 Å². The van der Waals surface area contributed by atoms with Crippen molar-refractivity contribution in [2.45, 2.75) is 6.29 Å². The molecule has 0 saturated carbocycles. The number of nitrogens with zero attached hydrogens (tertiary/aromatic N) is 2. The van der Waals surface area contributed by atoms with Crippen molar-refractivity contribution in [2.75, 3.05) is 19.8 Å². The van der Waals surface area contributed by atoms with Crippen molar-refractivity contribution < 1.29 is 19.1 Å². The van der Waals surface area contributed by atoms with E-state index in [9.17, 15) is 9.59 Å². The molecule has 0 fully saturated rings. The van der Waals surface area contributed by atoms with Crippen molar-refractivity contribution in [3.63, 3.8) is 0 Å². The topological polar surface area (TPSA) is 94.2 Å². The summed E-state index contributed by atoms with van der Waals surface area (Å²) in [4.78, 5) is 25.9. The monoisotopic (exact) mass is 251 g/mol. The molecule has 0 bridgehead atoms. The lowest BCUT2D eigenvalue weighted by molar-refractivity contribution is -0.127. The molecule has 0 rings (SSSR count). The molecular formula is C11H13N3O4. The van der Waals surface area contributed by atoms with Gasteiger partial charge in [0.1, 0.15) is 13.2 Å². The van der Waals surface area contributed by atoms with Gasteiger partial charge in [-0.05, 0) is 6.72 Å². The first-order valence-electron chi connectivity index (χ1n) is 4.74. The van der Waals surface area contributed by atoms with Crippen LogP contribution >= 0.6 is 0 Å². The first-order chi connectivity index (χ1) is 8.56. The smallest absolute Gasteiger partial charge is 0.351 e. The Hall–Kier alpha value is -2.35. The molecule has 0 aromatic carbocycles. The molecule has 4 amide bonds. The van der Waals surface area contributed by atoms with Crippen LogP contribution in [0.3, 0.4) is 0 Å². The molecule has 0 heterocycles. The number of aliphatic imine (C=N–C) groups is 1. The lowest BCUT2D eigenvalue weighted by atomic mass is 10.5. The van der Waals surface area contributed by atoms with Gasteiger partial charge in [-0.2, -0.15) is 0 Å². The highest BCUT2D eigenvalue weighted by atomic mass is 16.7. The van der Waals surface area contributed by atoms with Crippen LogP contribution in [-0.4, -0.2) is 49.7 Å². The van der Waals surface area contributed by atoms with Gasteiger partial charge in [0.25, 0.3) is 0 Å². The number of ether oxygens (including phenoxy) is 2. The van der Waals surface area contributed by atoms with Crippen LogP contribution in [0.5, 0.6) is 0 Å². The van der Waals surface area contributed by atoms with Crippen LogP contribution in [0, 0.1) is 24.7 Å². The third-order valence-electron chi connectivity index (χ3n) is 1.67. The van der Waals surface area contributed by atoms with Crippen LogP contribution in [-0.2, 0) is 9.47 Å². The van der Waals surface area contributed by atoms with Gasteiger partial charge in [0.05, 0.1) is 6.54 Å². The highest BCUT2D eigenvalue weighted by Crippen LogP contribution is 2.02. The van der Waals surface area contributed by atoms with Crippen molar-refractivity contribution in [1.29, 1.82) is 0 Å². The lowest BCUT2D eigenvalue weighted by Gasteiger charge is -2.22. The molecule has 0 saturated heterocycles. The first kappa shape index (κ1) is 15.7. The van der Waals surface area contributed by atoms with E-state index in [0.29, 0.717) is 4.90 Å². The average molecular weight is 251 g/mol. The van der Waals surface area contributed by atoms with Gasteiger partial charge < -0.3 is 15.2 Å². The van der Waals surface area contributed by atoms with Crippen molar-refractivity contribution in [1.82, 2.24) is 4.90 Å². The quantitative estimate of drug-likeness (QED) is 0.402. The average Bonchev–Trinajstić information content (AvgIpc) is 2.36. The summed E-state index contributed by atoms with van der Waals surface area (Å²) < 4.78 is 10.1. The lowest BCUT2D eigenvalue weighted by Crippen LogP contribution is -2.45. The Labute approximate surface area is 105 Å². The Bertz CT molecular complexity index is 376. The van der Waals surface area contributed by atoms with Crippen molar-refractivity contribution >= 4 is 18.8 Å². The minimum Gasteiger partial charge on any atom is -0.351 e. The van der Waals surface area contributed by atoms with Gasteiger partial charge in [0, 0.05) is 0 Å². The van der Waals surface area contributed by atoms with Crippen molar-refractivity contribution in [2.24, 2.45) is 10.7 Å².